The number of aliphatic hydroxyl groups excluding tert-OH is 4. The standard InChI is InChI=1S/C44H82O9/c1-3-5-7-9-11-13-15-16-17-18-19-20-21-22-24-26-28-30-32-34-50-36-38(37-51-44-43(49)42(48)41(47)39(35-45)53-44)52-40(46)33-31-29-27-25-23-14-12-10-8-6-4-2/h10,12,17-18,38-39,41-45,47-49H,3-9,11,13-16,19-37H2,1-2H3/b12-10-,18-17-. The van der Waals surface area contributed by atoms with Crippen molar-refractivity contribution in [2.45, 2.75) is 224 Å². The van der Waals surface area contributed by atoms with E-state index in [0.717, 1.165) is 51.4 Å². The highest BCUT2D eigenvalue weighted by molar-refractivity contribution is 5.69. The van der Waals surface area contributed by atoms with Crippen LogP contribution in [0.3, 0.4) is 0 Å². The molecule has 0 aromatic carbocycles. The molecule has 1 rings (SSSR count). The Morgan fingerprint density at radius 1 is 0.585 bits per heavy atom. The van der Waals surface area contributed by atoms with Crippen molar-refractivity contribution in [2.24, 2.45) is 0 Å². The maximum atomic E-state index is 12.7. The fraction of sp³-hybridized carbons (Fsp3) is 0.886. The van der Waals surface area contributed by atoms with E-state index >= 15 is 0 Å². The van der Waals surface area contributed by atoms with Gasteiger partial charge in [-0.05, 0) is 57.8 Å². The van der Waals surface area contributed by atoms with Crippen LogP contribution in [-0.2, 0) is 23.7 Å². The van der Waals surface area contributed by atoms with E-state index in [-0.39, 0.29) is 19.2 Å². The van der Waals surface area contributed by atoms with Crippen LogP contribution >= 0.6 is 0 Å². The number of ether oxygens (including phenoxy) is 4. The highest BCUT2D eigenvalue weighted by Gasteiger charge is 2.44. The van der Waals surface area contributed by atoms with Gasteiger partial charge < -0.3 is 39.4 Å². The Balaban J connectivity index is 2.24. The number of carbonyl (C=O) groups is 1. The average molecular weight is 755 g/mol. The second-order valence-electron chi connectivity index (χ2n) is 15.1. The van der Waals surface area contributed by atoms with E-state index in [9.17, 15) is 25.2 Å². The number of aliphatic hydroxyl groups is 4. The van der Waals surface area contributed by atoms with Crippen molar-refractivity contribution in [3.05, 3.63) is 24.3 Å². The van der Waals surface area contributed by atoms with Gasteiger partial charge in [0.15, 0.2) is 6.29 Å². The topological polar surface area (TPSA) is 135 Å². The zero-order chi connectivity index (χ0) is 38.6. The monoisotopic (exact) mass is 755 g/mol. The van der Waals surface area contributed by atoms with Gasteiger partial charge >= 0.3 is 5.97 Å². The van der Waals surface area contributed by atoms with Gasteiger partial charge in [-0.15, -0.1) is 0 Å². The summed E-state index contributed by atoms with van der Waals surface area (Å²) in [5.41, 5.74) is 0. The van der Waals surface area contributed by atoms with Crippen molar-refractivity contribution in [3.8, 4) is 0 Å². The number of rotatable bonds is 37. The van der Waals surface area contributed by atoms with Crippen molar-refractivity contribution in [2.75, 3.05) is 26.4 Å². The number of unbranched alkanes of at least 4 members (excludes halogenated alkanes) is 22. The van der Waals surface area contributed by atoms with Gasteiger partial charge in [-0.1, -0.05) is 147 Å². The first-order valence-electron chi connectivity index (χ1n) is 21.9. The number of esters is 1. The minimum absolute atomic E-state index is 0.116. The maximum Gasteiger partial charge on any atom is 0.306 e. The molecule has 1 heterocycles. The van der Waals surface area contributed by atoms with Gasteiger partial charge in [0.2, 0.25) is 0 Å². The second kappa shape index (κ2) is 36.3. The van der Waals surface area contributed by atoms with Crippen LogP contribution in [0, 0.1) is 0 Å². The predicted molar refractivity (Wildman–Crippen MR) is 215 cm³/mol. The molecule has 0 aliphatic carbocycles. The van der Waals surface area contributed by atoms with E-state index in [1.807, 2.05) is 0 Å². The molecule has 0 aromatic heterocycles. The lowest BCUT2D eigenvalue weighted by atomic mass is 9.99. The molecule has 1 aliphatic heterocycles. The molecule has 53 heavy (non-hydrogen) atoms. The summed E-state index contributed by atoms with van der Waals surface area (Å²) in [4.78, 5) is 12.7. The van der Waals surface area contributed by atoms with E-state index in [1.165, 1.54) is 116 Å². The zero-order valence-corrected chi connectivity index (χ0v) is 34.0. The Bertz CT molecular complexity index is 864. The molecule has 0 spiro atoms. The molecule has 0 amide bonds. The van der Waals surface area contributed by atoms with Crippen LogP contribution in [0.2, 0.25) is 0 Å². The van der Waals surface area contributed by atoms with Gasteiger partial charge in [0.25, 0.3) is 0 Å². The third-order valence-corrected chi connectivity index (χ3v) is 10.1. The molecule has 0 radical (unpaired) electrons. The van der Waals surface area contributed by atoms with Crippen molar-refractivity contribution >= 4 is 5.97 Å². The van der Waals surface area contributed by atoms with Crippen LogP contribution in [-0.4, -0.2) is 89.6 Å². The quantitative estimate of drug-likeness (QED) is 0.0278. The Morgan fingerprint density at radius 3 is 1.58 bits per heavy atom. The highest BCUT2D eigenvalue weighted by Crippen LogP contribution is 2.22. The van der Waals surface area contributed by atoms with Crippen LogP contribution in [0.25, 0.3) is 0 Å². The van der Waals surface area contributed by atoms with Crippen molar-refractivity contribution < 1.29 is 44.2 Å². The molecule has 4 N–H and O–H groups in total. The van der Waals surface area contributed by atoms with E-state index in [1.54, 1.807) is 0 Å². The molecular formula is C44H82O9. The number of carbonyl (C=O) groups excluding carboxylic acids is 1. The maximum absolute atomic E-state index is 12.7. The van der Waals surface area contributed by atoms with Gasteiger partial charge in [0.05, 0.1) is 19.8 Å². The molecular weight excluding hydrogens is 672 g/mol. The minimum Gasteiger partial charge on any atom is -0.457 e. The van der Waals surface area contributed by atoms with Gasteiger partial charge in [0, 0.05) is 13.0 Å². The molecule has 9 nitrogen and oxygen atoms in total. The van der Waals surface area contributed by atoms with E-state index in [4.69, 9.17) is 18.9 Å². The van der Waals surface area contributed by atoms with Gasteiger partial charge in [-0.2, -0.15) is 0 Å². The predicted octanol–water partition coefficient (Wildman–Crippen LogP) is 9.42. The third kappa shape index (κ3) is 27.8. The molecule has 1 fully saturated rings. The summed E-state index contributed by atoms with van der Waals surface area (Å²) in [6.07, 6.45) is 33.5. The van der Waals surface area contributed by atoms with E-state index < -0.39 is 43.4 Å². The van der Waals surface area contributed by atoms with Crippen molar-refractivity contribution in [3.63, 3.8) is 0 Å². The minimum atomic E-state index is -1.54. The summed E-state index contributed by atoms with van der Waals surface area (Å²) in [6.45, 7) is 4.51. The average Bonchev–Trinajstić information content (AvgIpc) is 3.16. The molecule has 0 saturated carbocycles. The summed E-state index contributed by atoms with van der Waals surface area (Å²) in [5.74, 6) is -0.325. The Hall–Kier alpha value is -1.33. The van der Waals surface area contributed by atoms with E-state index in [0.29, 0.717) is 13.0 Å². The summed E-state index contributed by atoms with van der Waals surface area (Å²) in [5, 5.41) is 40.0. The van der Waals surface area contributed by atoms with Gasteiger partial charge in [0.1, 0.15) is 30.5 Å². The van der Waals surface area contributed by atoms with Crippen LogP contribution in [0.5, 0.6) is 0 Å². The normalized spacial score (nSPS) is 21.2. The molecule has 6 atom stereocenters. The van der Waals surface area contributed by atoms with Crippen LogP contribution < -0.4 is 0 Å². The lowest BCUT2D eigenvalue weighted by molar-refractivity contribution is -0.305. The first-order chi connectivity index (χ1) is 25.9. The SMILES string of the molecule is CCCC/C=C\CCCCCCCC(=O)OC(COCCCCCCCCCC/C=C\CCCCCCCCC)COC1OC(CO)C(O)C(O)C1O. The van der Waals surface area contributed by atoms with Crippen LogP contribution in [0.15, 0.2) is 24.3 Å². The largest absolute Gasteiger partial charge is 0.457 e. The highest BCUT2D eigenvalue weighted by atomic mass is 16.7. The van der Waals surface area contributed by atoms with Gasteiger partial charge in [-0.3, -0.25) is 4.79 Å². The van der Waals surface area contributed by atoms with Crippen LogP contribution in [0.1, 0.15) is 187 Å². The van der Waals surface area contributed by atoms with Crippen LogP contribution in [0.4, 0.5) is 0 Å². The zero-order valence-electron chi connectivity index (χ0n) is 34.0. The summed E-state index contributed by atoms with van der Waals surface area (Å²) >= 11 is 0. The lowest BCUT2D eigenvalue weighted by Crippen LogP contribution is -2.59. The second-order valence-corrected chi connectivity index (χ2v) is 15.1. The number of allylic oxidation sites excluding steroid dienone is 4. The first kappa shape index (κ1) is 49.7. The molecule has 1 saturated heterocycles. The molecule has 312 valence electrons. The lowest BCUT2D eigenvalue weighted by Gasteiger charge is -2.39. The third-order valence-electron chi connectivity index (χ3n) is 10.1. The Kier molecular flexibility index (Phi) is 34.0. The first-order valence-corrected chi connectivity index (χ1v) is 21.9. The smallest absolute Gasteiger partial charge is 0.306 e. The summed E-state index contributed by atoms with van der Waals surface area (Å²) < 4.78 is 22.8. The molecule has 1 aliphatic rings. The number of hydrogen-bond donors (Lipinski definition) is 4. The summed E-state index contributed by atoms with van der Waals surface area (Å²) in [6, 6.07) is 0. The summed E-state index contributed by atoms with van der Waals surface area (Å²) in [7, 11) is 0. The Labute approximate surface area is 324 Å². The van der Waals surface area contributed by atoms with E-state index in [2.05, 4.69) is 38.2 Å². The molecule has 0 aromatic rings. The Morgan fingerprint density at radius 2 is 1.06 bits per heavy atom. The molecule has 9 heteroatoms. The fourth-order valence-electron chi connectivity index (χ4n) is 6.58. The number of hydrogen-bond acceptors (Lipinski definition) is 9. The van der Waals surface area contributed by atoms with Gasteiger partial charge in [-0.25, -0.2) is 0 Å². The fourth-order valence-corrected chi connectivity index (χ4v) is 6.58. The molecule has 0 bridgehead atoms. The van der Waals surface area contributed by atoms with Crippen molar-refractivity contribution in [1.82, 2.24) is 0 Å². The van der Waals surface area contributed by atoms with Crippen molar-refractivity contribution in [1.29, 1.82) is 0 Å². The molecule has 6 unspecified atom stereocenters.